The van der Waals surface area contributed by atoms with Crippen molar-refractivity contribution in [2.75, 3.05) is 13.1 Å². The van der Waals surface area contributed by atoms with Crippen LogP contribution in [-0.2, 0) is 11.3 Å². The van der Waals surface area contributed by atoms with Crippen molar-refractivity contribution in [3.63, 3.8) is 0 Å². The molecule has 3 heteroatoms. The van der Waals surface area contributed by atoms with Gasteiger partial charge in [0.2, 0.25) is 5.91 Å². The summed E-state index contributed by atoms with van der Waals surface area (Å²) in [5, 5.41) is 3.16. The molecule has 1 unspecified atom stereocenters. The van der Waals surface area contributed by atoms with Crippen LogP contribution < -0.4 is 5.32 Å². The van der Waals surface area contributed by atoms with Crippen LogP contribution in [0.25, 0.3) is 11.1 Å². The van der Waals surface area contributed by atoms with Gasteiger partial charge in [-0.2, -0.15) is 0 Å². The van der Waals surface area contributed by atoms with Crippen LogP contribution in [0, 0.1) is 0 Å². The lowest BCUT2D eigenvalue weighted by atomic mass is 9.86. The number of unbranched alkanes of at least 4 members (excludes halogenated alkanes) is 1. The first kappa shape index (κ1) is 19.6. The Bertz CT molecular complexity index is 726. The van der Waals surface area contributed by atoms with Gasteiger partial charge in [0.25, 0.3) is 0 Å². The molecule has 1 aliphatic heterocycles. The van der Waals surface area contributed by atoms with Crippen molar-refractivity contribution < 1.29 is 4.79 Å². The van der Waals surface area contributed by atoms with Crippen LogP contribution >= 0.6 is 0 Å². The quantitative estimate of drug-likeness (QED) is 0.700. The fourth-order valence-corrected chi connectivity index (χ4v) is 3.91. The van der Waals surface area contributed by atoms with Gasteiger partial charge in [-0.3, -0.25) is 9.69 Å². The molecular formula is C24H32N2O. The fraction of sp³-hybridized carbons (Fsp3) is 0.458. The number of hydrogen-bond donors (Lipinski definition) is 1. The zero-order valence-electron chi connectivity index (χ0n) is 16.7. The van der Waals surface area contributed by atoms with Crippen molar-refractivity contribution in [2.24, 2.45) is 0 Å². The lowest BCUT2D eigenvalue weighted by Crippen LogP contribution is -2.58. The molecule has 1 atom stereocenters. The van der Waals surface area contributed by atoms with Crippen LogP contribution in [0.4, 0.5) is 0 Å². The van der Waals surface area contributed by atoms with Gasteiger partial charge in [0, 0.05) is 13.1 Å². The second-order valence-electron chi connectivity index (χ2n) is 7.82. The summed E-state index contributed by atoms with van der Waals surface area (Å²) in [7, 11) is 0. The summed E-state index contributed by atoms with van der Waals surface area (Å²) >= 11 is 0. The van der Waals surface area contributed by atoms with Crippen molar-refractivity contribution in [2.45, 2.75) is 58.0 Å². The summed E-state index contributed by atoms with van der Waals surface area (Å²) in [6.45, 7) is 6.86. The van der Waals surface area contributed by atoms with Crippen LogP contribution in [0.2, 0.25) is 0 Å². The molecule has 2 aromatic rings. The first-order valence-electron chi connectivity index (χ1n) is 10.3. The summed E-state index contributed by atoms with van der Waals surface area (Å²) in [5.74, 6) is 0.191. The van der Waals surface area contributed by atoms with Gasteiger partial charge < -0.3 is 5.32 Å². The summed E-state index contributed by atoms with van der Waals surface area (Å²) in [5.41, 5.74) is 3.34. The molecule has 1 heterocycles. The number of nitrogens with zero attached hydrogens (tertiary/aromatic N) is 1. The Balaban J connectivity index is 1.69. The zero-order chi connectivity index (χ0) is 19.1. The van der Waals surface area contributed by atoms with Crippen molar-refractivity contribution in [1.29, 1.82) is 0 Å². The lowest BCUT2D eigenvalue weighted by Gasteiger charge is -2.43. The number of carbonyl (C=O) groups is 1. The molecule has 3 nitrogen and oxygen atoms in total. The molecule has 0 radical (unpaired) electrons. The second kappa shape index (κ2) is 9.18. The monoisotopic (exact) mass is 364 g/mol. The predicted molar refractivity (Wildman–Crippen MR) is 112 cm³/mol. The molecule has 1 aliphatic rings. The molecule has 2 aromatic carbocycles. The first-order valence-corrected chi connectivity index (χ1v) is 10.3. The number of rotatable bonds is 7. The van der Waals surface area contributed by atoms with E-state index in [1.54, 1.807) is 0 Å². The van der Waals surface area contributed by atoms with Crippen LogP contribution in [0.15, 0.2) is 54.6 Å². The van der Waals surface area contributed by atoms with Crippen LogP contribution in [0.1, 0.15) is 51.5 Å². The number of likely N-dealkylation sites (tertiary alicyclic amines) is 1. The average Bonchev–Trinajstić information content (AvgIpc) is 2.71. The number of hydrogen-bond acceptors (Lipinski definition) is 2. The standard InChI is InChI=1S/C24H32N2O/c1-3-4-17-25-23(27)24(2)16-8-9-18-26(24)19-20-12-14-22(15-13-20)21-10-6-5-7-11-21/h5-7,10-15H,3-4,8-9,16-19H2,1-2H3,(H,25,27). The smallest absolute Gasteiger partial charge is 0.240 e. The van der Waals surface area contributed by atoms with Gasteiger partial charge in [-0.1, -0.05) is 67.9 Å². The highest BCUT2D eigenvalue weighted by molar-refractivity contribution is 5.86. The molecule has 3 rings (SSSR count). The van der Waals surface area contributed by atoms with E-state index in [-0.39, 0.29) is 5.91 Å². The summed E-state index contributed by atoms with van der Waals surface area (Å²) in [6, 6.07) is 19.2. The maximum atomic E-state index is 12.9. The van der Waals surface area contributed by atoms with Gasteiger partial charge >= 0.3 is 0 Å². The third-order valence-corrected chi connectivity index (χ3v) is 5.78. The Morgan fingerprint density at radius 3 is 2.44 bits per heavy atom. The Hall–Kier alpha value is -2.13. The molecular weight excluding hydrogens is 332 g/mol. The van der Waals surface area contributed by atoms with Crippen molar-refractivity contribution in [1.82, 2.24) is 10.2 Å². The zero-order valence-corrected chi connectivity index (χ0v) is 16.7. The van der Waals surface area contributed by atoms with Crippen LogP contribution in [0.3, 0.4) is 0 Å². The van der Waals surface area contributed by atoms with E-state index in [1.165, 1.54) is 23.1 Å². The molecule has 1 saturated heterocycles. The highest BCUT2D eigenvalue weighted by atomic mass is 16.2. The summed E-state index contributed by atoms with van der Waals surface area (Å²) < 4.78 is 0. The Morgan fingerprint density at radius 2 is 1.74 bits per heavy atom. The van der Waals surface area contributed by atoms with Crippen LogP contribution in [-0.4, -0.2) is 29.4 Å². The minimum Gasteiger partial charge on any atom is -0.355 e. The number of piperidine rings is 1. The van der Waals surface area contributed by atoms with E-state index < -0.39 is 5.54 Å². The van der Waals surface area contributed by atoms with Gasteiger partial charge in [-0.05, 0) is 55.8 Å². The fourth-order valence-electron chi connectivity index (χ4n) is 3.91. The molecule has 0 aromatic heterocycles. The number of carbonyl (C=O) groups excluding carboxylic acids is 1. The second-order valence-corrected chi connectivity index (χ2v) is 7.82. The molecule has 0 aliphatic carbocycles. The van der Waals surface area contributed by atoms with E-state index in [1.807, 2.05) is 6.07 Å². The molecule has 27 heavy (non-hydrogen) atoms. The van der Waals surface area contributed by atoms with Gasteiger partial charge in [0.15, 0.2) is 0 Å². The molecule has 0 saturated carbocycles. The largest absolute Gasteiger partial charge is 0.355 e. The molecule has 1 fully saturated rings. The normalized spacial score (nSPS) is 20.4. The maximum absolute atomic E-state index is 12.9. The van der Waals surface area contributed by atoms with Crippen molar-refractivity contribution in [3.8, 4) is 11.1 Å². The van der Waals surface area contributed by atoms with Gasteiger partial charge in [-0.15, -0.1) is 0 Å². The molecule has 0 spiro atoms. The molecule has 144 valence electrons. The SMILES string of the molecule is CCCCNC(=O)C1(C)CCCCN1Cc1ccc(-c2ccccc2)cc1. The lowest BCUT2D eigenvalue weighted by molar-refractivity contribution is -0.135. The number of benzene rings is 2. The van der Waals surface area contributed by atoms with E-state index in [2.05, 4.69) is 72.6 Å². The third kappa shape index (κ3) is 4.78. The minimum atomic E-state index is -0.399. The molecule has 0 bridgehead atoms. The molecule has 1 amide bonds. The minimum absolute atomic E-state index is 0.191. The summed E-state index contributed by atoms with van der Waals surface area (Å²) in [4.78, 5) is 15.3. The van der Waals surface area contributed by atoms with E-state index in [0.29, 0.717) is 0 Å². The number of amides is 1. The highest BCUT2D eigenvalue weighted by Gasteiger charge is 2.40. The van der Waals surface area contributed by atoms with Crippen molar-refractivity contribution in [3.05, 3.63) is 60.2 Å². The van der Waals surface area contributed by atoms with E-state index in [4.69, 9.17) is 0 Å². The first-order chi connectivity index (χ1) is 13.1. The van der Waals surface area contributed by atoms with E-state index in [0.717, 1.165) is 45.3 Å². The average molecular weight is 365 g/mol. The van der Waals surface area contributed by atoms with Crippen molar-refractivity contribution >= 4 is 5.91 Å². The highest BCUT2D eigenvalue weighted by Crippen LogP contribution is 2.30. The molecule has 1 N–H and O–H groups in total. The van der Waals surface area contributed by atoms with E-state index in [9.17, 15) is 4.79 Å². The van der Waals surface area contributed by atoms with Gasteiger partial charge in [0.1, 0.15) is 0 Å². The third-order valence-electron chi connectivity index (χ3n) is 5.78. The van der Waals surface area contributed by atoms with Gasteiger partial charge in [0.05, 0.1) is 5.54 Å². The number of nitrogens with one attached hydrogen (secondary N) is 1. The Morgan fingerprint density at radius 1 is 1.04 bits per heavy atom. The maximum Gasteiger partial charge on any atom is 0.240 e. The topological polar surface area (TPSA) is 32.3 Å². The Labute approximate surface area is 163 Å². The van der Waals surface area contributed by atoms with Crippen LogP contribution in [0.5, 0.6) is 0 Å². The van der Waals surface area contributed by atoms with E-state index >= 15 is 0 Å². The summed E-state index contributed by atoms with van der Waals surface area (Å²) in [6.07, 6.45) is 5.38. The van der Waals surface area contributed by atoms with Gasteiger partial charge in [-0.25, -0.2) is 0 Å². The Kier molecular flexibility index (Phi) is 6.68. The predicted octanol–water partition coefficient (Wildman–Crippen LogP) is 5.01.